The van der Waals surface area contributed by atoms with Gasteiger partial charge in [-0.15, -0.1) is 11.8 Å². The monoisotopic (exact) mass is 323 g/mol. The van der Waals surface area contributed by atoms with Gasteiger partial charge in [0.15, 0.2) is 5.78 Å². The summed E-state index contributed by atoms with van der Waals surface area (Å²) in [6, 6.07) is 17.2. The van der Waals surface area contributed by atoms with Gasteiger partial charge in [-0.2, -0.15) is 0 Å². The Kier molecular flexibility index (Phi) is 4.63. The van der Waals surface area contributed by atoms with Crippen LogP contribution in [-0.4, -0.2) is 23.6 Å². The van der Waals surface area contributed by atoms with E-state index in [1.165, 1.54) is 0 Å². The molecule has 0 amide bonds. The number of Topliss-reactive ketones (excluding diaryl/α,β-unsaturated/α-hetero) is 1. The van der Waals surface area contributed by atoms with Crippen LogP contribution < -0.4 is 4.74 Å². The average molecular weight is 323 g/mol. The Morgan fingerprint density at radius 2 is 1.91 bits per heavy atom. The molecule has 1 heterocycles. The highest BCUT2D eigenvalue weighted by Gasteiger charge is 2.10. The van der Waals surface area contributed by atoms with E-state index in [2.05, 4.69) is 4.98 Å². The molecule has 0 aliphatic heterocycles. The first-order valence-corrected chi connectivity index (χ1v) is 8.32. The lowest BCUT2D eigenvalue weighted by molar-refractivity contribution is 0.102. The summed E-state index contributed by atoms with van der Waals surface area (Å²) >= 11 is 1.54. The van der Waals surface area contributed by atoms with Crippen LogP contribution in [0.5, 0.6) is 5.75 Å². The molecule has 23 heavy (non-hydrogen) atoms. The molecule has 0 fully saturated rings. The van der Waals surface area contributed by atoms with Crippen molar-refractivity contribution in [1.82, 2.24) is 4.98 Å². The van der Waals surface area contributed by atoms with Crippen molar-refractivity contribution in [3.05, 3.63) is 65.9 Å². The summed E-state index contributed by atoms with van der Waals surface area (Å²) in [5, 5.41) is 1.01. The van der Waals surface area contributed by atoms with E-state index in [1.807, 2.05) is 61.5 Å². The predicted molar refractivity (Wildman–Crippen MR) is 94.5 cm³/mol. The number of rotatable bonds is 5. The number of pyridine rings is 1. The van der Waals surface area contributed by atoms with E-state index in [1.54, 1.807) is 18.9 Å². The second-order valence-electron chi connectivity index (χ2n) is 5.22. The summed E-state index contributed by atoms with van der Waals surface area (Å²) in [5.74, 6) is 1.32. The number of ether oxygens (including phenoxy) is 1. The van der Waals surface area contributed by atoms with Gasteiger partial charge in [-0.3, -0.25) is 9.78 Å². The lowest BCUT2D eigenvalue weighted by atomic mass is 10.2. The first kappa shape index (κ1) is 15.6. The van der Waals surface area contributed by atoms with Gasteiger partial charge in [0.1, 0.15) is 5.75 Å². The lowest BCUT2D eigenvalue weighted by Gasteiger charge is -2.09. The Bertz CT molecular complexity index is 847. The van der Waals surface area contributed by atoms with Crippen LogP contribution in [0.2, 0.25) is 0 Å². The van der Waals surface area contributed by atoms with E-state index in [4.69, 9.17) is 4.74 Å². The number of carbonyl (C=O) groups is 1. The van der Waals surface area contributed by atoms with Crippen LogP contribution in [0.3, 0.4) is 0 Å². The molecule has 0 spiro atoms. The molecule has 0 radical (unpaired) electrons. The zero-order valence-electron chi connectivity index (χ0n) is 13.1. The highest BCUT2D eigenvalue weighted by atomic mass is 32.2. The molecule has 3 aromatic rings. The van der Waals surface area contributed by atoms with Crippen molar-refractivity contribution in [2.75, 3.05) is 12.9 Å². The van der Waals surface area contributed by atoms with Crippen LogP contribution in [0.15, 0.2) is 59.5 Å². The molecule has 0 aliphatic carbocycles. The quantitative estimate of drug-likeness (QED) is 0.511. The largest absolute Gasteiger partial charge is 0.497 e. The Labute approximate surface area is 139 Å². The van der Waals surface area contributed by atoms with E-state index in [9.17, 15) is 4.79 Å². The van der Waals surface area contributed by atoms with Crippen LogP contribution in [0.25, 0.3) is 10.9 Å². The number of hydrogen-bond acceptors (Lipinski definition) is 4. The van der Waals surface area contributed by atoms with Gasteiger partial charge in [-0.1, -0.05) is 30.3 Å². The molecule has 3 nitrogen and oxygen atoms in total. The molecule has 4 heteroatoms. The Hall–Kier alpha value is -2.33. The van der Waals surface area contributed by atoms with Crippen molar-refractivity contribution < 1.29 is 9.53 Å². The first-order chi connectivity index (χ1) is 11.2. The van der Waals surface area contributed by atoms with Gasteiger partial charge in [-0.25, -0.2) is 0 Å². The Balaban J connectivity index is 1.88. The number of thioether (sulfide) groups is 1. The normalized spacial score (nSPS) is 10.7. The average Bonchev–Trinajstić information content (AvgIpc) is 2.59. The van der Waals surface area contributed by atoms with Crippen molar-refractivity contribution in [3.8, 4) is 5.75 Å². The molecule has 0 saturated carbocycles. The maximum absolute atomic E-state index is 12.3. The molecule has 2 aromatic carbocycles. The van der Waals surface area contributed by atoms with Gasteiger partial charge in [0.25, 0.3) is 0 Å². The summed E-state index contributed by atoms with van der Waals surface area (Å²) in [5.41, 5.74) is 2.60. The first-order valence-electron chi connectivity index (χ1n) is 7.34. The van der Waals surface area contributed by atoms with Gasteiger partial charge < -0.3 is 4.74 Å². The van der Waals surface area contributed by atoms with E-state index < -0.39 is 0 Å². The molecular formula is C19H17NO2S. The van der Waals surface area contributed by atoms with Crippen LogP contribution in [0.4, 0.5) is 0 Å². The summed E-state index contributed by atoms with van der Waals surface area (Å²) in [6.45, 7) is 1.97. The van der Waals surface area contributed by atoms with Crippen molar-refractivity contribution in [1.29, 1.82) is 0 Å². The molecule has 0 saturated heterocycles. The zero-order chi connectivity index (χ0) is 16.2. The fourth-order valence-electron chi connectivity index (χ4n) is 2.40. The Morgan fingerprint density at radius 3 is 2.65 bits per heavy atom. The number of hydrogen-bond donors (Lipinski definition) is 0. The molecule has 0 atom stereocenters. The van der Waals surface area contributed by atoms with Gasteiger partial charge >= 0.3 is 0 Å². The summed E-state index contributed by atoms with van der Waals surface area (Å²) in [4.78, 5) is 17.9. The number of nitrogens with zero attached hydrogens (tertiary/aromatic N) is 1. The number of carbonyl (C=O) groups excluding carboxylic acids is 1. The van der Waals surface area contributed by atoms with Gasteiger partial charge in [-0.05, 0) is 31.2 Å². The number of fused-ring (bicyclic) bond motifs is 1. The molecule has 0 unspecified atom stereocenters. The second-order valence-corrected chi connectivity index (χ2v) is 6.24. The highest BCUT2D eigenvalue weighted by molar-refractivity contribution is 8.00. The van der Waals surface area contributed by atoms with Gasteiger partial charge in [0.2, 0.25) is 0 Å². The van der Waals surface area contributed by atoms with Crippen molar-refractivity contribution >= 4 is 28.4 Å². The maximum Gasteiger partial charge on any atom is 0.173 e. The number of benzene rings is 2. The van der Waals surface area contributed by atoms with Crippen LogP contribution in [0, 0.1) is 6.92 Å². The summed E-state index contributed by atoms with van der Waals surface area (Å²) in [6.07, 6.45) is 0. The van der Waals surface area contributed by atoms with Crippen molar-refractivity contribution in [3.63, 3.8) is 0 Å². The van der Waals surface area contributed by atoms with E-state index >= 15 is 0 Å². The van der Waals surface area contributed by atoms with Gasteiger partial charge in [0, 0.05) is 21.5 Å². The predicted octanol–water partition coefficient (Wildman–Crippen LogP) is 4.53. The molecule has 3 rings (SSSR count). The smallest absolute Gasteiger partial charge is 0.173 e. The van der Waals surface area contributed by atoms with E-state index in [0.717, 1.165) is 32.8 Å². The minimum Gasteiger partial charge on any atom is -0.497 e. The summed E-state index contributed by atoms with van der Waals surface area (Å²) in [7, 11) is 1.65. The second kappa shape index (κ2) is 6.84. The third kappa shape index (κ3) is 3.54. The number of aryl methyl sites for hydroxylation is 1. The third-order valence-electron chi connectivity index (χ3n) is 3.56. The van der Waals surface area contributed by atoms with Gasteiger partial charge in [0.05, 0.1) is 18.4 Å². The molecule has 1 aromatic heterocycles. The van der Waals surface area contributed by atoms with E-state index in [-0.39, 0.29) is 5.78 Å². The van der Waals surface area contributed by atoms with Crippen LogP contribution >= 0.6 is 11.8 Å². The fraction of sp³-hybridized carbons (Fsp3) is 0.158. The molecule has 0 N–H and O–H groups in total. The molecule has 116 valence electrons. The fourth-order valence-corrected chi connectivity index (χ4v) is 3.42. The summed E-state index contributed by atoms with van der Waals surface area (Å²) < 4.78 is 5.30. The minimum atomic E-state index is 0.126. The maximum atomic E-state index is 12.3. The van der Waals surface area contributed by atoms with Crippen molar-refractivity contribution in [2.24, 2.45) is 0 Å². The topological polar surface area (TPSA) is 39.2 Å². The van der Waals surface area contributed by atoms with Crippen LogP contribution in [0.1, 0.15) is 16.1 Å². The standard InChI is InChI=1S/C19H17NO2S/c1-13-10-19(16-11-15(22-2)8-9-17(16)20-13)23-12-18(21)14-6-4-3-5-7-14/h3-11H,12H2,1-2H3. The Morgan fingerprint density at radius 1 is 1.13 bits per heavy atom. The number of ketones is 1. The third-order valence-corrected chi connectivity index (χ3v) is 4.62. The highest BCUT2D eigenvalue weighted by Crippen LogP contribution is 2.31. The SMILES string of the molecule is COc1ccc2nc(C)cc(SCC(=O)c3ccccc3)c2c1. The van der Waals surface area contributed by atoms with Crippen LogP contribution in [-0.2, 0) is 0 Å². The van der Waals surface area contributed by atoms with E-state index in [0.29, 0.717) is 5.75 Å². The van der Waals surface area contributed by atoms with Crippen molar-refractivity contribution in [2.45, 2.75) is 11.8 Å². The lowest BCUT2D eigenvalue weighted by Crippen LogP contribution is -2.02. The molecular weight excluding hydrogens is 306 g/mol. The minimum absolute atomic E-state index is 0.126. The number of aromatic nitrogens is 1. The molecule has 0 bridgehead atoms. The number of methoxy groups -OCH3 is 1. The zero-order valence-corrected chi connectivity index (χ0v) is 13.9. The molecule has 0 aliphatic rings.